The normalized spacial score (nSPS) is 9.90. The van der Waals surface area contributed by atoms with Gasteiger partial charge in [-0.05, 0) is 12.5 Å². The van der Waals surface area contributed by atoms with Crippen LogP contribution < -0.4 is 5.73 Å². The van der Waals surface area contributed by atoms with Crippen LogP contribution in [-0.4, -0.2) is 0 Å². The molecule has 10 heavy (non-hydrogen) atoms. The number of rotatable bonds is 1. The van der Waals surface area contributed by atoms with Crippen molar-refractivity contribution in [2.75, 3.05) is 0 Å². The molecule has 0 aromatic heterocycles. The minimum absolute atomic E-state index is 0.176. The van der Waals surface area contributed by atoms with E-state index in [9.17, 15) is 4.39 Å². The van der Waals surface area contributed by atoms with Gasteiger partial charge in [-0.3, -0.25) is 0 Å². The lowest BCUT2D eigenvalue weighted by atomic mass is 10.1. The third kappa shape index (κ3) is 1.16. The molecule has 54 valence electrons. The molecule has 0 atom stereocenters. The van der Waals surface area contributed by atoms with Crippen molar-refractivity contribution in [2.45, 2.75) is 13.5 Å². The molecule has 0 fully saturated rings. The van der Waals surface area contributed by atoms with Crippen LogP contribution in [-0.2, 0) is 6.54 Å². The Bertz CT molecular complexity index is 233. The van der Waals surface area contributed by atoms with Gasteiger partial charge in [0.05, 0.1) is 0 Å². The Kier molecular flexibility index (Phi) is 2.02. The van der Waals surface area contributed by atoms with E-state index in [1.165, 1.54) is 0 Å². The molecular weight excluding hydrogens is 129 g/mol. The van der Waals surface area contributed by atoms with Crippen molar-refractivity contribution in [3.8, 4) is 0 Å². The van der Waals surface area contributed by atoms with Crippen LogP contribution in [0.4, 0.5) is 4.39 Å². The Morgan fingerprint density at radius 1 is 1.50 bits per heavy atom. The largest absolute Gasteiger partial charge is 0.326 e. The summed E-state index contributed by atoms with van der Waals surface area (Å²) in [6.07, 6.45) is 0. The summed E-state index contributed by atoms with van der Waals surface area (Å²) in [4.78, 5) is 0. The first-order valence-corrected chi connectivity index (χ1v) is 3.19. The van der Waals surface area contributed by atoms with Crippen molar-refractivity contribution in [3.05, 3.63) is 35.1 Å². The zero-order valence-electron chi connectivity index (χ0n) is 5.89. The van der Waals surface area contributed by atoms with Crippen LogP contribution in [0.25, 0.3) is 0 Å². The zero-order chi connectivity index (χ0) is 7.56. The zero-order valence-corrected chi connectivity index (χ0v) is 5.89. The van der Waals surface area contributed by atoms with Gasteiger partial charge in [-0.25, -0.2) is 4.39 Å². The first-order chi connectivity index (χ1) is 4.75. The van der Waals surface area contributed by atoms with Crippen LogP contribution in [0.3, 0.4) is 0 Å². The average molecular weight is 139 g/mol. The fourth-order valence-corrected chi connectivity index (χ4v) is 0.866. The van der Waals surface area contributed by atoms with Gasteiger partial charge < -0.3 is 5.73 Å². The monoisotopic (exact) mass is 139 g/mol. The van der Waals surface area contributed by atoms with Crippen molar-refractivity contribution >= 4 is 0 Å². The predicted octanol–water partition coefficient (Wildman–Crippen LogP) is 1.59. The molecule has 0 unspecified atom stereocenters. The Morgan fingerprint density at radius 3 is 2.70 bits per heavy atom. The van der Waals surface area contributed by atoms with E-state index >= 15 is 0 Å². The lowest BCUT2D eigenvalue weighted by Crippen LogP contribution is -2.00. The Balaban J connectivity index is 3.14. The van der Waals surface area contributed by atoms with Crippen molar-refractivity contribution in [2.24, 2.45) is 5.73 Å². The number of hydrogen-bond donors (Lipinski definition) is 1. The molecule has 0 amide bonds. The number of benzene rings is 1. The third-order valence-electron chi connectivity index (χ3n) is 1.49. The van der Waals surface area contributed by atoms with Crippen LogP contribution in [0, 0.1) is 12.7 Å². The van der Waals surface area contributed by atoms with E-state index in [2.05, 4.69) is 0 Å². The first kappa shape index (κ1) is 7.22. The molecule has 0 heterocycles. The summed E-state index contributed by atoms with van der Waals surface area (Å²) in [6.45, 7) is 2.00. The molecule has 0 bridgehead atoms. The highest BCUT2D eigenvalue weighted by molar-refractivity contribution is 5.24. The highest BCUT2D eigenvalue weighted by Crippen LogP contribution is 2.10. The molecule has 0 saturated heterocycles. The van der Waals surface area contributed by atoms with E-state index in [4.69, 9.17) is 5.73 Å². The standard InChI is InChI=1S/C8H10FN/c1-6-3-2-4-7(5-10)8(6)9/h2-4H,5,10H2,1H3. The summed E-state index contributed by atoms with van der Waals surface area (Å²) in [6, 6.07) is 5.23. The summed E-state index contributed by atoms with van der Waals surface area (Å²) in [7, 11) is 0. The van der Waals surface area contributed by atoms with Gasteiger partial charge in [-0.15, -0.1) is 0 Å². The van der Waals surface area contributed by atoms with Crippen molar-refractivity contribution in [1.29, 1.82) is 0 Å². The van der Waals surface area contributed by atoms with Gasteiger partial charge in [0, 0.05) is 12.1 Å². The summed E-state index contributed by atoms with van der Waals surface area (Å²) < 4.78 is 12.9. The lowest BCUT2D eigenvalue weighted by Gasteiger charge is -2.00. The van der Waals surface area contributed by atoms with Gasteiger partial charge in [0.1, 0.15) is 5.82 Å². The summed E-state index contributed by atoms with van der Waals surface area (Å²) in [5.74, 6) is -0.176. The van der Waals surface area contributed by atoms with Gasteiger partial charge in [-0.2, -0.15) is 0 Å². The SMILES string of the molecule is Cc1cccc(CN)c1F. The Morgan fingerprint density at radius 2 is 2.20 bits per heavy atom. The minimum Gasteiger partial charge on any atom is -0.326 e. The third-order valence-corrected chi connectivity index (χ3v) is 1.49. The maximum atomic E-state index is 12.9. The molecule has 0 aliphatic rings. The predicted molar refractivity (Wildman–Crippen MR) is 39.0 cm³/mol. The highest BCUT2D eigenvalue weighted by atomic mass is 19.1. The van der Waals surface area contributed by atoms with Gasteiger partial charge in [-0.1, -0.05) is 18.2 Å². The number of aryl methyl sites for hydroxylation is 1. The molecule has 1 aromatic carbocycles. The van der Waals surface area contributed by atoms with E-state index in [-0.39, 0.29) is 12.4 Å². The van der Waals surface area contributed by atoms with Crippen molar-refractivity contribution in [3.63, 3.8) is 0 Å². The van der Waals surface area contributed by atoms with Crippen LogP contribution in [0.15, 0.2) is 18.2 Å². The van der Waals surface area contributed by atoms with Crippen molar-refractivity contribution in [1.82, 2.24) is 0 Å². The molecular formula is C8H10FN. The second kappa shape index (κ2) is 2.80. The number of nitrogens with two attached hydrogens (primary N) is 1. The second-order valence-electron chi connectivity index (χ2n) is 2.25. The molecule has 0 aliphatic heterocycles. The molecule has 1 aromatic rings. The van der Waals surface area contributed by atoms with E-state index in [1.807, 2.05) is 0 Å². The number of halogens is 1. The fourth-order valence-electron chi connectivity index (χ4n) is 0.866. The highest BCUT2D eigenvalue weighted by Gasteiger charge is 2.00. The van der Waals surface area contributed by atoms with Crippen LogP contribution in [0.2, 0.25) is 0 Å². The van der Waals surface area contributed by atoms with Gasteiger partial charge in [0.15, 0.2) is 0 Å². The van der Waals surface area contributed by atoms with Gasteiger partial charge in [0.25, 0.3) is 0 Å². The molecule has 1 rings (SSSR count). The van der Waals surface area contributed by atoms with E-state index in [0.717, 1.165) is 0 Å². The van der Waals surface area contributed by atoms with Crippen LogP contribution in [0.1, 0.15) is 11.1 Å². The quantitative estimate of drug-likeness (QED) is 0.628. The molecule has 2 heteroatoms. The van der Waals surface area contributed by atoms with E-state index in [1.54, 1.807) is 25.1 Å². The smallest absolute Gasteiger partial charge is 0.130 e. The first-order valence-electron chi connectivity index (χ1n) is 3.19. The summed E-state index contributed by atoms with van der Waals surface area (Å²) in [5, 5.41) is 0. The molecule has 0 aliphatic carbocycles. The topological polar surface area (TPSA) is 26.0 Å². The maximum absolute atomic E-state index is 12.9. The van der Waals surface area contributed by atoms with E-state index < -0.39 is 0 Å². The average Bonchev–Trinajstić information content (AvgIpc) is 1.95. The molecule has 2 N–H and O–H groups in total. The Labute approximate surface area is 59.7 Å². The maximum Gasteiger partial charge on any atom is 0.130 e. The Hall–Kier alpha value is -0.890. The van der Waals surface area contributed by atoms with Gasteiger partial charge >= 0.3 is 0 Å². The minimum atomic E-state index is -0.176. The lowest BCUT2D eigenvalue weighted by molar-refractivity contribution is 0.601. The summed E-state index contributed by atoms with van der Waals surface area (Å²) in [5.41, 5.74) is 6.52. The molecule has 0 radical (unpaired) electrons. The van der Waals surface area contributed by atoms with Crippen molar-refractivity contribution < 1.29 is 4.39 Å². The molecule has 0 spiro atoms. The molecule has 0 saturated carbocycles. The van der Waals surface area contributed by atoms with Crippen LogP contribution >= 0.6 is 0 Å². The summed E-state index contributed by atoms with van der Waals surface area (Å²) >= 11 is 0. The van der Waals surface area contributed by atoms with E-state index in [0.29, 0.717) is 11.1 Å². The molecule has 1 nitrogen and oxygen atoms in total. The fraction of sp³-hybridized carbons (Fsp3) is 0.250. The van der Waals surface area contributed by atoms with Gasteiger partial charge in [0.2, 0.25) is 0 Å². The number of hydrogen-bond acceptors (Lipinski definition) is 1. The second-order valence-corrected chi connectivity index (χ2v) is 2.25. The van der Waals surface area contributed by atoms with Crippen LogP contribution in [0.5, 0.6) is 0 Å².